The van der Waals surface area contributed by atoms with E-state index in [1.807, 2.05) is 0 Å². The molecule has 1 unspecified atom stereocenters. The largest absolute Gasteiger partial charge is 0.334 e. The predicted molar refractivity (Wildman–Crippen MR) is 82.5 cm³/mol. The third-order valence-electron chi connectivity index (χ3n) is 3.70. The van der Waals surface area contributed by atoms with Gasteiger partial charge in [0.2, 0.25) is 0 Å². The number of sulfone groups is 1. The SMILES string of the molecule is CCS(=O)(=O)c1ccc(C(=O)N2CCNCC(C)(F)C2)cc1. The number of carbonyl (C=O) groups is 1. The molecule has 1 N–H and O–H groups in total. The van der Waals surface area contributed by atoms with Crippen LogP contribution >= 0.6 is 0 Å². The second kappa shape index (κ2) is 6.34. The maximum atomic E-state index is 14.2. The van der Waals surface area contributed by atoms with Crippen LogP contribution in [-0.4, -0.2) is 56.8 Å². The van der Waals surface area contributed by atoms with Gasteiger partial charge in [0.1, 0.15) is 5.67 Å². The number of nitrogens with zero attached hydrogens (tertiary/aromatic N) is 1. The van der Waals surface area contributed by atoms with Crippen LogP contribution in [0.25, 0.3) is 0 Å². The molecule has 1 amide bonds. The molecule has 1 atom stereocenters. The molecule has 0 aliphatic carbocycles. The lowest BCUT2D eigenvalue weighted by atomic mass is 10.1. The summed E-state index contributed by atoms with van der Waals surface area (Å²) in [5, 5.41) is 2.96. The lowest BCUT2D eigenvalue weighted by Crippen LogP contribution is -2.42. The highest BCUT2D eigenvalue weighted by atomic mass is 32.2. The van der Waals surface area contributed by atoms with Crippen LogP contribution in [0.2, 0.25) is 0 Å². The molecule has 122 valence electrons. The van der Waals surface area contributed by atoms with E-state index < -0.39 is 15.5 Å². The van der Waals surface area contributed by atoms with Crippen molar-refractivity contribution in [2.24, 2.45) is 0 Å². The van der Waals surface area contributed by atoms with Crippen molar-refractivity contribution >= 4 is 15.7 Å². The fourth-order valence-electron chi connectivity index (χ4n) is 2.42. The van der Waals surface area contributed by atoms with Gasteiger partial charge in [0, 0.05) is 25.2 Å². The van der Waals surface area contributed by atoms with Crippen LogP contribution in [0.15, 0.2) is 29.2 Å². The summed E-state index contributed by atoms with van der Waals surface area (Å²) >= 11 is 0. The van der Waals surface area contributed by atoms with Gasteiger partial charge in [0.15, 0.2) is 9.84 Å². The highest BCUT2D eigenvalue weighted by Crippen LogP contribution is 2.18. The summed E-state index contributed by atoms with van der Waals surface area (Å²) in [6, 6.07) is 5.82. The number of amides is 1. The van der Waals surface area contributed by atoms with Crippen LogP contribution in [-0.2, 0) is 9.84 Å². The minimum absolute atomic E-state index is 0.0122. The van der Waals surface area contributed by atoms with Gasteiger partial charge in [-0.3, -0.25) is 4.79 Å². The fraction of sp³-hybridized carbons (Fsp3) is 0.533. The van der Waals surface area contributed by atoms with Crippen molar-refractivity contribution in [1.82, 2.24) is 10.2 Å². The lowest BCUT2D eigenvalue weighted by Gasteiger charge is -2.26. The van der Waals surface area contributed by atoms with Crippen LogP contribution in [0, 0.1) is 0 Å². The van der Waals surface area contributed by atoms with Gasteiger partial charge >= 0.3 is 0 Å². The van der Waals surface area contributed by atoms with E-state index in [4.69, 9.17) is 0 Å². The van der Waals surface area contributed by atoms with Crippen LogP contribution in [0.4, 0.5) is 4.39 Å². The average Bonchev–Trinajstić information content (AvgIpc) is 2.67. The number of carbonyl (C=O) groups excluding carboxylic acids is 1. The van der Waals surface area contributed by atoms with Gasteiger partial charge in [-0.2, -0.15) is 0 Å². The average molecular weight is 328 g/mol. The van der Waals surface area contributed by atoms with Gasteiger partial charge in [-0.05, 0) is 31.2 Å². The maximum Gasteiger partial charge on any atom is 0.254 e. The first-order valence-electron chi connectivity index (χ1n) is 7.27. The summed E-state index contributed by atoms with van der Waals surface area (Å²) in [4.78, 5) is 14.1. The Morgan fingerprint density at radius 1 is 1.36 bits per heavy atom. The molecule has 7 heteroatoms. The number of hydrogen-bond acceptors (Lipinski definition) is 4. The Balaban J connectivity index is 2.19. The van der Waals surface area contributed by atoms with Gasteiger partial charge in [-0.25, -0.2) is 12.8 Å². The number of halogens is 1. The Morgan fingerprint density at radius 3 is 2.59 bits per heavy atom. The van der Waals surface area contributed by atoms with E-state index in [-0.39, 0.29) is 29.6 Å². The van der Waals surface area contributed by atoms with E-state index in [0.29, 0.717) is 18.7 Å². The van der Waals surface area contributed by atoms with Crippen molar-refractivity contribution < 1.29 is 17.6 Å². The molecule has 1 aromatic rings. The molecule has 1 aromatic carbocycles. The van der Waals surface area contributed by atoms with Crippen LogP contribution in [0.3, 0.4) is 0 Å². The fourth-order valence-corrected chi connectivity index (χ4v) is 3.31. The van der Waals surface area contributed by atoms with Crippen molar-refractivity contribution in [3.05, 3.63) is 29.8 Å². The zero-order valence-electron chi connectivity index (χ0n) is 12.8. The number of hydrogen-bond donors (Lipinski definition) is 1. The Morgan fingerprint density at radius 2 is 2.00 bits per heavy atom. The number of alkyl halides is 1. The zero-order chi connectivity index (χ0) is 16.4. The van der Waals surface area contributed by atoms with Gasteiger partial charge < -0.3 is 10.2 Å². The normalized spacial score (nSPS) is 23.1. The van der Waals surface area contributed by atoms with Crippen molar-refractivity contribution in [1.29, 1.82) is 0 Å². The van der Waals surface area contributed by atoms with Gasteiger partial charge in [0.25, 0.3) is 5.91 Å². The van der Waals surface area contributed by atoms with E-state index in [1.54, 1.807) is 6.92 Å². The molecule has 0 bridgehead atoms. The molecular weight excluding hydrogens is 307 g/mol. The lowest BCUT2D eigenvalue weighted by molar-refractivity contribution is 0.0656. The molecule has 0 radical (unpaired) electrons. The highest BCUT2D eigenvalue weighted by molar-refractivity contribution is 7.91. The molecule has 22 heavy (non-hydrogen) atoms. The molecule has 1 heterocycles. The Hall–Kier alpha value is -1.47. The van der Waals surface area contributed by atoms with E-state index >= 15 is 0 Å². The summed E-state index contributed by atoms with van der Waals surface area (Å²) in [6.45, 7) is 4.22. The zero-order valence-corrected chi connectivity index (χ0v) is 13.6. The molecule has 5 nitrogen and oxygen atoms in total. The molecule has 1 aliphatic heterocycles. The first-order chi connectivity index (χ1) is 10.2. The van der Waals surface area contributed by atoms with Crippen LogP contribution < -0.4 is 5.32 Å². The standard InChI is InChI=1S/C15H21FN2O3S/c1-3-22(20,21)13-6-4-12(5-7-13)14(19)18-9-8-17-10-15(2,16)11-18/h4-7,17H,3,8-11H2,1-2H3. The molecule has 0 spiro atoms. The predicted octanol–water partition coefficient (Wildman–Crippen LogP) is 1.25. The van der Waals surface area contributed by atoms with Crippen LogP contribution in [0.5, 0.6) is 0 Å². The van der Waals surface area contributed by atoms with Gasteiger partial charge in [-0.1, -0.05) is 6.92 Å². The third-order valence-corrected chi connectivity index (χ3v) is 5.45. The molecular formula is C15H21FN2O3S. The van der Waals surface area contributed by atoms with Gasteiger partial charge in [-0.15, -0.1) is 0 Å². The Kier molecular flexibility index (Phi) is 4.87. The smallest absolute Gasteiger partial charge is 0.254 e. The molecule has 1 saturated heterocycles. The van der Waals surface area contributed by atoms with Gasteiger partial charge in [0.05, 0.1) is 17.2 Å². The summed E-state index contributed by atoms with van der Waals surface area (Å²) in [5.74, 6) is -0.272. The molecule has 0 aromatic heterocycles. The second-order valence-corrected chi connectivity index (χ2v) is 8.02. The van der Waals surface area contributed by atoms with Crippen molar-refractivity contribution in [3.8, 4) is 0 Å². The number of nitrogens with one attached hydrogen (secondary N) is 1. The Bertz CT molecular complexity index is 641. The highest BCUT2D eigenvalue weighted by Gasteiger charge is 2.31. The summed E-state index contributed by atoms with van der Waals surface area (Å²) in [5.41, 5.74) is -1.11. The monoisotopic (exact) mass is 328 g/mol. The van der Waals surface area contributed by atoms with Crippen molar-refractivity contribution in [2.45, 2.75) is 24.4 Å². The van der Waals surface area contributed by atoms with E-state index in [1.165, 1.54) is 36.1 Å². The third kappa shape index (κ3) is 3.84. The van der Waals surface area contributed by atoms with E-state index in [0.717, 1.165) is 0 Å². The molecule has 1 aliphatic rings. The van der Waals surface area contributed by atoms with Crippen molar-refractivity contribution in [3.63, 3.8) is 0 Å². The first-order valence-corrected chi connectivity index (χ1v) is 8.92. The summed E-state index contributed by atoms with van der Waals surface area (Å²) < 4.78 is 37.7. The maximum absolute atomic E-state index is 14.2. The summed E-state index contributed by atoms with van der Waals surface area (Å²) in [6.07, 6.45) is 0. The number of rotatable bonds is 3. The molecule has 2 rings (SSSR count). The number of benzene rings is 1. The first kappa shape index (κ1) is 16.9. The topological polar surface area (TPSA) is 66.5 Å². The Labute approximate surface area is 130 Å². The van der Waals surface area contributed by atoms with E-state index in [9.17, 15) is 17.6 Å². The quantitative estimate of drug-likeness (QED) is 0.907. The van der Waals surface area contributed by atoms with E-state index in [2.05, 4.69) is 5.32 Å². The minimum atomic E-state index is -3.28. The summed E-state index contributed by atoms with van der Waals surface area (Å²) in [7, 11) is -3.28. The van der Waals surface area contributed by atoms with Crippen molar-refractivity contribution in [2.75, 3.05) is 31.9 Å². The second-order valence-electron chi connectivity index (χ2n) is 5.74. The minimum Gasteiger partial charge on any atom is -0.334 e. The molecule has 1 fully saturated rings. The molecule has 0 saturated carbocycles. The van der Waals surface area contributed by atoms with Crippen LogP contribution in [0.1, 0.15) is 24.2 Å².